The molecule has 0 saturated carbocycles. The lowest BCUT2D eigenvalue weighted by Gasteiger charge is -2.14. The van der Waals surface area contributed by atoms with Crippen molar-refractivity contribution in [3.63, 3.8) is 0 Å². The first kappa shape index (κ1) is 12.9. The molecule has 0 aromatic heterocycles. The highest BCUT2D eigenvalue weighted by molar-refractivity contribution is 5.92. The summed E-state index contributed by atoms with van der Waals surface area (Å²) < 4.78 is 0. The van der Waals surface area contributed by atoms with E-state index in [2.05, 4.69) is 10.2 Å². The van der Waals surface area contributed by atoms with Gasteiger partial charge in [0.05, 0.1) is 0 Å². The minimum atomic E-state index is 0.0654. The first-order valence-electron chi connectivity index (χ1n) is 6.53. The number of benzene rings is 1. The van der Waals surface area contributed by atoms with Crippen molar-refractivity contribution in [2.45, 2.75) is 26.2 Å². The fourth-order valence-corrected chi connectivity index (χ4v) is 2.25. The third kappa shape index (κ3) is 3.47. The number of rotatable bonds is 4. The molecule has 1 saturated heterocycles. The maximum atomic E-state index is 11.9. The lowest BCUT2D eigenvalue weighted by molar-refractivity contribution is -0.116. The lowest BCUT2D eigenvalue weighted by atomic mass is 10.2. The highest BCUT2D eigenvalue weighted by atomic mass is 16.1. The van der Waals surface area contributed by atoms with Gasteiger partial charge in [-0.15, -0.1) is 0 Å². The molecule has 1 aliphatic heterocycles. The number of hydrogen-bond acceptors (Lipinski definition) is 3. The van der Waals surface area contributed by atoms with Crippen molar-refractivity contribution in [3.8, 4) is 0 Å². The number of nitrogens with one attached hydrogen (secondary N) is 1. The molecule has 0 atom stereocenters. The molecule has 0 unspecified atom stereocenters. The van der Waals surface area contributed by atoms with E-state index in [1.54, 1.807) is 0 Å². The Bertz CT molecular complexity index is 425. The van der Waals surface area contributed by atoms with Gasteiger partial charge in [0.25, 0.3) is 0 Å². The number of carbonyl (C=O) groups excluding carboxylic acids is 1. The number of likely N-dealkylation sites (tertiary alicyclic amines) is 1. The van der Waals surface area contributed by atoms with Gasteiger partial charge in [-0.05, 0) is 50.6 Å². The molecule has 0 bridgehead atoms. The molecule has 1 aliphatic rings. The zero-order chi connectivity index (χ0) is 13.0. The average molecular weight is 247 g/mol. The van der Waals surface area contributed by atoms with Gasteiger partial charge >= 0.3 is 0 Å². The fraction of sp³-hybridized carbons (Fsp3) is 0.500. The van der Waals surface area contributed by atoms with Gasteiger partial charge in [0.2, 0.25) is 5.91 Å². The van der Waals surface area contributed by atoms with Crippen molar-refractivity contribution in [1.29, 1.82) is 0 Å². The Hall–Kier alpha value is -1.55. The standard InChI is InChI=1S/C14H21N3O/c1-11-4-5-12(15)10-13(11)16-14(18)6-9-17-7-2-3-8-17/h4-5,10H,2-3,6-9,15H2,1H3,(H,16,18). The number of amides is 1. The number of nitrogens with zero attached hydrogens (tertiary/aromatic N) is 1. The molecule has 2 rings (SSSR count). The van der Waals surface area contributed by atoms with E-state index >= 15 is 0 Å². The molecule has 98 valence electrons. The lowest BCUT2D eigenvalue weighted by Crippen LogP contribution is -2.25. The Balaban J connectivity index is 1.84. The molecule has 0 spiro atoms. The van der Waals surface area contributed by atoms with E-state index in [0.717, 1.165) is 30.9 Å². The minimum Gasteiger partial charge on any atom is -0.399 e. The Morgan fingerprint density at radius 3 is 2.83 bits per heavy atom. The molecule has 1 fully saturated rings. The van der Waals surface area contributed by atoms with Crippen molar-refractivity contribution in [2.24, 2.45) is 0 Å². The molecule has 18 heavy (non-hydrogen) atoms. The zero-order valence-corrected chi connectivity index (χ0v) is 10.9. The van der Waals surface area contributed by atoms with Crippen LogP contribution in [0.25, 0.3) is 0 Å². The van der Waals surface area contributed by atoms with Crippen LogP contribution in [0.1, 0.15) is 24.8 Å². The number of anilines is 2. The second kappa shape index (κ2) is 5.87. The number of nitrogen functional groups attached to an aromatic ring is 1. The smallest absolute Gasteiger partial charge is 0.225 e. The fourth-order valence-electron chi connectivity index (χ4n) is 2.25. The molecule has 0 aliphatic carbocycles. The predicted molar refractivity (Wildman–Crippen MR) is 74.5 cm³/mol. The van der Waals surface area contributed by atoms with Crippen LogP contribution >= 0.6 is 0 Å². The highest BCUT2D eigenvalue weighted by Crippen LogP contribution is 2.18. The predicted octanol–water partition coefficient (Wildman–Crippen LogP) is 2.00. The highest BCUT2D eigenvalue weighted by Gasteiger charge is 2.13. The van der Waals surface area contributed by atoms with Gasteiger partial charge in [0.15, 0.2) is 0 Å². The van der Waals surface area contributed by atoms with E-state index < -0.39 is 0 Å². The van der Waals surface area contributed by atoms with E-state index in [9.17, 15) is 4.79 Å². The van der Waals surface area contributed by atoms with Crippen LogP contribution in [0.15, 0.2) is 18.2 Å². The second-order valence-electron chi connectivity index (χ2n) is 4.92. The topological polar surface area (TPSA) is 58.4 Å². The number of carbonyl (C=O) groups is 1. The quantitative estimate of drug-likeness (QED) is 0.800. The SMILES string of the molecule is Cc1ccc(N)cc1NC(=O)CCN1CCCC1. The summed E-state index contributed by atoms with van der Waals surface area (Å²) in [6.45, 7) is 5.08. The summed E-state index contributed by atoms with van der Waals surface area (Å²) in [6.07, 6.45) is 3.07. The van der Waals surface area contributed by atoms with Crippen LogP contribution in [0, 0.1) is 6.92 Å². The molecule has 0 radical (unpaired) electrons. The van der Waals surface area contributed by atoms with Gasteiger partial charge in [0, 0.05) is 24.3 Å². The Kier molecular flexibility index (Phi) is 4.20. The largest absolute Gasteiger partial charge is 0.399 e. The summed E-state index contributed by atoms with van der Waals surface area (Å²) in [5, 5.41) is 2.93. The van der Waals surface area contributed by atoms with E-state index in [0.29, 0.717) is 12.1 Å². The van der Waals surface area contributed by atoms with Gasteiger partial charge in [-0.1, -0.05) is 6.07 Å². The van der Waals surface area contributed by atoms with Gasteiger partial charge in [-0.2, -0.15) is 0 Å². The first-order chi connectivity index (χ1) is 8.65. The molecule has 1 heterocycles. The third-order valence-corrected chi connectivity index (χ3v) is 3.39. The summed E-state index contributed by atoms with van der Waals surface area (Å²) in [4.78, 5) is 14.2. The summed E-state index contributed by atoms with van der Waals surface area (Å²) in [5.41, 5.74) is 8.25. The van der Waals surface area contributed by atoms with Crippen LogP contribution in [0.2, 0.25) is 0 Å². The molecule has 4 heteroatoms. The van der Waals surface area contributed by atoms with Crippen LogP contribution < -0.4 is 11.1 Å². The van der Waals surface area contributed by atoms with E-state index in [4.69, 9.17) is 5.73 Å². The Labute approximate surface area is 108 Å². The van der Waals surface area contributed by atoms with Crippen LogP contribution in [-0.4, -0.2) is 30.4 Å². The third-order valence-electron chi connectivity index (χ3n) is 3.39. The molecule has 1 amide bonds. The maximum Gasteiger partial charge on any atom is 0.225 e. The van der Waals surface area contributed by atoms with Gasteiger partial charge in [-0.25, -0.2) is 0 Å². The normalized spacial score (nSPS) is 15.8. The maximum absolute atomic E-state index is 11.9. The van der Waals surface area contributed by atoms with Gasteiger partial charge in [-0.3, -0.25) is 4.79 Å². The average Bonchev–Trinajstić information content (AvgIpc) is 2.84. The van der Waals surface area contributed by atoms with Gasteiger partial charge < -0.3 is 16.0 Å². The summed E-state index contributed by atoms with van der Waals surface area (Å²) in [5.74, 6) is 0.0654. The van der Waals surface area contributed by atoms with Crippen LogP contribution in [0.3, 0.4) is 0 Å². The minimum absolute atomic E-state index is 0.0654. The summed E-state index contributed by atoms with van der Waals surface area (Å²) in [7, 11) is 0. The summed E-state index contributed by atoms with van der Waals surface area (Å²) >= 11 is 0. The zero-order valence-electron chi connectivity index (χ0n) is 10.9. The monoisotopic (exact) mass is 247 g/mol. The van der Waals surface area contributed by atoms with Crippen molar-refractivity contribution in [2.75, 3.05) is 30.7 Å². The molecule has 1 aromatic rings. The van der Waals surface area contributed by atoms with E-state index in [-0.39, 0.29) is 5.91 Å². The van der Waals surface area contributed by atoms with E-state index in [1.807, 2.05) is 25.1 Å². The second-order valence-corrected chi connectivity index (χ2v) is 4.92. The van der Waals surface area contributed by atoms with E-state index in [1.165, 1.54) is 12.8 Å². The van der Waals surface area contributed by atoms with Crippen molar-refractivity contribution < 1.29 is 4.79 Å². The van der Waals surface area contributed by atoms with Gasteiger partial charge in [0.1, 0.15) is 0 Å². The number of nitrogens with two attached hydrogens (primary N) is 1. The molecule has 4 nitrogen and oxygen atoms in total. The van der Waals surface area contributed by atoms with Crippen LogP contribution in [0.4, 0.5) is 11.4 Å². The van der Waals surface area contributed by atoms with Crippen LogP contribution in [0.5, 0.6) is 0 Å². The first-order valence-corrected chi connectivity index (χ1v) is 6.53. The number of hydrogen-bond donors (Lipinski definition) is 2. The Morgan fingerprint density at radius 2 is 2.11 bits per heavy atom. The molecule has 1 aromatic carbocycles. The molecular formula is C14H21N3O. The Morgan fingerprint density at radius 1 is 1.39 bits per heavy atom. The van der Waals surface area contributed by atoms with Crippen molar-refractivity contribution in [3.05, 3.63) is 23.8 Å². The molecular weight excluding hydrogens is 226 g/mol. The van der Waals surface area contributed by atoms with Crippen molar-refractivity contribution >= 4 is 17.3 Å². The number of aryl methyl sites for hydroxylation is 1. The molecule has 3 N–H and O–H groups in total. The van der Waals surface area contributed by atoms with Crippen molar-refractivity contribution in [1.82, 2.24) is 4.90 Å². The van der Waals surface area contributed by atoms with Crippen LogP contribution in [-0.2, 0) is 4.79 Å². The summed E-state index contributed by atoms with van der Waals surface area (Å²) in [6, 6.07) is 5.57.